The maximum Gasteiger partial charge on any atom is 0.0692 e. The van der Waals surface area contributed by atoms with Crippen molar-refractivity contribution < 1.29 is 5.11 Å². The Balaban J connectivity index is 2.31. The van der Waals surface area contributed by atoms with Crippen LogP contribution in [0.2, 0.25) is 0 Å². The molecule has 0 atom stereocenters. The van der Waals surface area contributed by atoms with Gasteiger partial charge in [0.05, 0.1) is 6.61 Å². The fraction of sp³-hybridized carbons (Fsp3) is 0.200. The second kappa shape index (κ2) is 5.89. The van der Waals surface area contributed by atoms with Crippen LogP contribution in [0.25, 0.3) is 0 Å². The number of rotatable bonds is 4. The predicted octanol–water partition coefficient (Wildman–Crippen LogP) is 3.89. The van der Waals surface area contributed by atoms with Gasteiger partial charge >= 0.3 is 0 Å². The lowest BCUT2D eigenvalue weighted by Crippen LogP contribution is -1.89. The van der Waals surface area contributed by atoms with Gasteiger partial charge in [0.2, 0.25) is 0 Å². The van der Waals surface area contributed by atoms with Crippen LogP contribution in [-0.4, -0.2) is 5.11 Å². The van der Waals surface area contributed by atoms with Gasteiger partial charge in [-0.25, -0.2) is 0 Å². The first-order valence-electron chi connectivity index (χ1n) is 5.79. The van der Waals surface area contributed by atoms with E-state index in [0.29, 0.717) is 0 Å². The van der Waals surface area contributed by atoms with E-state index in [1.807, 2.05) is 18.2 Å². The molecule has 2 aromatic carbocycles. The van der Waals surface area contributed by atoms with Crippen molar-refractivity contribution in [2.24, 2.45) is 0 Å². The highest BCUT2D eigenvalue weighted by Crippen LogP contribution is 2.32. The minimum atomic E-state index is 0.0947. The van der Waals surface area contributed by atoms with Crippen LogP contribution in [0.5, 0.6) is 0 Å². The second-order valence-corrected chi connectivity index (χ2v) is 4.91. The van der Waals surface area contributed by atoms with Crippen LogP contribution in [0.3, 0.4) is 0 Å². The number of benzene rings is 2. The summed E-state index contributed by atoms with van der Waals surface area (Å²) in [5, 5.41) is 9.31. The van der Waals surface area contributed by atoms with E-state index >= 15 is 0 Å². The van der Waals surface area contributed by atoms with E-state index in [1.165, 1.54) is 10.5 Å². The third-order valence-corrected chi connectivity index (χ3v) is 3.95. The molecule has 0 radical (unpaired) electrons. The van der Waals surface area contributed by atoms with Gasteiger partial charge in [0.1, 0.15) is 0 Å². The molecular formula is C15H16OS. The average Bonchev–Trinajstić information content (AvgIpc) is 2.40. The molecule has 0 aliphatic heterocycles. The van der Waals surface area contributed by atoms with E-state index in [4.69, 9.17) is 0 Å². The van der Waals surface area contributed by atoms with Gasteiger partial charge in [-0.05, 0) is 29.7 Å². The van der Waals surface area contributed by atoms with Crippen LogP contribution in [0.4, 0.5) is 0 Å². The van der Waals surface area contributed by atoms with E-state index in [2.05, 4.69) is 37.3 Å². The van der Waals surface area contributed by atoms with E-state index in [0.717, 1.165) is 16.9 Å². The van der Waals surface area contributed by atoms with Crippen LogP contribution in [-0.2, 0) is 13.0 Å². The van der Waals surface area contributed by atoms with Crippen LogP contribution in [0.1, 0.15) is 18.1 Å². The lowest BCUT2D eigenvalue weighted by molar-refractivity contribution is 0.279. The Labute approximate surface area is 107 Å². The predicted molar refractivity (Wildman–Crippen MR) is 72.3 cm³/mol. The molecule has 0 spiro atoms. The number of aryl methyl sites for hydroxylation is 1. The molecule has 0 saturated carbocycles. The van der Waals surface area contributed by atoms with Gasteiger partial charge in [-0.1, -0.05) is 55.1 Å². The van der Waals surface area contributed by atoms with E-state index in [-0.39, 0.29) is 6.61 Å². The normalized spacial score (nSPS) is 10.5. The van der Waals surface area contributed by atoms with Gasteiger partial charge in [0.25, 0.3) is 0 Å². The zero-order valence-corrected chi connectivity index (χ0v) is 10.7. The molecule has 0 unspecified atom stereocenters. The fourth-order valence-corrected chi connectivity index (χ4v) is 2.89. The summed E-state index contributed by atoms with van der Waals surface area (Å²) in [5.41, 5.74) is 2.34. The molecule has 0 aliphatic rings. The van der Waals surface area contributed by atoms with Gasteiger partial charge in [-0.3, -0.25) is 0 Å². The molecule has 0 bridgehead atoms. The standard InChI is InChI=1S/C15H16OS/c1-2-12-7-3-5-9-14(12)17-15-10-6-4-8-13(15)11-16/h3-10,16H,2,11H2,1H3. The molecule has 0 heterocycles. The summed E-state index contributed by atoms with van der Waals surface area (Å²) in [7, 11) is 0. The first-order valence-corrected chi connectivity index (χ1v) is 6.61. The van der Waals surface area contributed by atoms with Crippen LogP contribution in [0.15, 0.2) is 58.3 Å². The van der Waals surface area contributed by atoms with Crippen LogP contribution >= 0.6 is 11.8 Å². The molecule has 88 valence electrons. The number of hydrogen-bond acceptors (Lipinski definition) is 2. The van der Waals surface area contributed by atoms with Crippen molar-refractivity contribution in [2.45, 2.75) is 29.7 Å². The summed E-state index contributed by atoms with van der Waals surface area (Å²) >= 11 is 1.73. The summed E-state index contributed by atoms with van der Waals surface area (Å²) in [4.78, 5) is 2.41. The molecule has 0 aromatic heterocycles. The lowest BCUT2D eigenvalue weighted by atomic mass is 10.2. The van der Waals surface area contributed by atoms with Crippen molar-refractivity contribution in [3.63, 3.8) is 0 Å². The summed E-state index contributed by atoms with van der Waals surface area (Å²) in [6, 6.07) is 16.4. The highest BCUT2D eigenvalue weighted by Gasteiger charge is 2.05. The maximum atomic E-state index is 9.31. The molecule has 2 heteroatoms. The van der Waals surface area contributed by atoms with Crippen molar-refractivity contribution in [3.05, 3.63) is 59.7 Å². The topological polar surface area (TPSA) is 20.2 Å². The van der Waals surface area contributed by atoms with Gasteiger partial charge < -0.3 is 5.11 Å². The molecular weight excluding hydrogens is 228 g/mol. The zero-order valence-electron chi connectivity index (χ0n) is 9.89. The Hall–Kier alpha value is -1.25. The first kappa shape index (κ1) is 12.2. The molecule has 0 aliphatic carbocycles. The second-order valence-electron chi connectivity index (χ2n) is 3.83. The number of aliphatic hydroxyl groups is 1. The molecule has 0 saturated heterocycles. The van der Waals surface area contributed by atoms with Gasteiger partial charge in [-0.2, -0.15) is 0 Å². The third-order valence-electron chi connectivity index (χ3n) is 2.72. The Morgan fingerprint density at radius 2 is 1.41 bits per heavy atom. The minimum Gasteiger partial charge on any atom is -0.392 e. The fourth-order valence-electron chi connectivity index (χ4n) is 1.75. The van der Waals surface area contributed by atoms with Gasteiger partial charge in [0, 0.05) is 9.79 Å². The van der Waals surface area contributed by atoms with Crippen molar-refractivity contribution in [1.82, 2.24) is 0 Å². The highest BCUT2D eigenvalue weighted by molar-refractivity contribution is 7.99. The largest absolute Gasteiger partial charge is 0.392 e. The summed E-state index contributed by atoms with van der Waals surface area (Å²) in [5.74, 6) is 0. The zero-order chi connectivity index (χ0) is 12.1. The summed E-state index contributed by atoms with van der Waals surface area (Å²) in [6.45, 7) is 2.26. The molecule has 0 fully saturated rings. The molecule has 1 nitrogen and oxygen atoms in total. The Morgan fingerprint density at radius 3 is 2.00 bits per heavy atom. The van der Waals surface area contributed by atoms with Gasteiger partial charge in [-0.15, -0.1) is 0 Å². The monoisotopic (exact) mass is 244 g/mol. The molecule has 1 N–H and O–H groups in total. The third kappa shape index (κ3) is 2.90. The van der Waals surface area contributed by atoms with Crippen LogP contribution in [0, 0.1) is 0 Å². The van der Waals surface area contributed by atoms with Crippen LogP contribution < -0.4 is 0 Å². The Bertz CT molecular complexity index is 448. The summed E-state index contributed by atoms with van der Waals surface area (Å²) < 4.78 is 0. The average molecular weight is 244 g/mol. The maximum absolute atomic E-state index is 9.31. The molecule has 0 amide bonds. The Kier molecular flexibility index (Phi) is 4.24. The number of hydrogen-bond donors (Lipinski definition) is 1. The molecule has 2 aromatic rings. The lowest BCUT2D eigenvalue weighted by Gasteiger charge is -2.09. The minimum absolute atomic E-state index is 0.0947. The summed E-state index contributed by atoms with van der Waals surface area (Å²) in [6.07, 6.45) is 1.03. The smallest absolute Gasteiger partial charge is 0.0692 e. The number of aliphatic hydroxyl groups excluding tert-OH is 1. The first-order chi connectivity index (χ1) is 8.35. The van der Waals surface area contributed by atoms with Crippen molar-refractivity contribution in [2.75, 3.05) is 0 Å². The SMILES string of the molecule is CCc1ccccc1Sc1ccccc1CO. The van der Waals surface area contributed by atoms with E-state index < -0.39 is 0 Å². The molecule has 17 heavy (non-hydrogen) atoms. The quantitative estimate of drug-likeness (QED) is 0.880. The van der Waals surface area contributed by atoms with E-state index in [9.17, 15) is 5.11 Å². The van der Waals surface area contributed by atoms with Gasteiger partial charge in [0.15, 0.2) is 0 Å². The highest BCUT2D eigenvalue weighted by atomic mass is 32.2. The van der Waals surface area contributed by atoms with Crippen molar-refractivity contribution in [3.8, 4) is 0 Å². The van der Waals surface area contributed by atoms with E-state index in [1.54, 1.807) is 11.8 Å². The van der Waals surface area contributed by atoms with Crippen molar-refractivity contribution >= 4 is 11.8 Å². The van der Waals surface area contributed by atoms with Crippen molar-refractivity contribution in [1.29, 1.82) is 0 Å². The molecule has 2 rings (SSSR count). The Morgan fingerprint density at radius 1 is 0.882 bits per heavy atom.